The van der Waals surface area contributed by atoms with Crippen molar-refractivity contribution in [2.75, 3.05) is 7.05 Å². The van der Waals surface area contributed by atoms with E-state index in [0.717, 1.165) is 5.56 Å². The third-order valence-corrected chi connectivity index (χ3v) is 3.60. The molecule has 0 radical (unpaired) electrons. The molecule has 0 saturated carbocycles. The van der Waals surface area contributed by atoms with Gasteiger partial charge in [0.15, 0.2) is 0 Å². The molecule has 1 aromatic carbocycles. The number of benzene rings is 1. The lowest BCUT2D eigenvalue weighted by molar-refractivity contribution is -0.131. The number of pyridine rings is 1. The average Bonchev–Trinajstić information content (AvgIpc) is 2.51. The van der Waals surface area contributed by atoms with Gasteiger partial charge in [0.1, 0.15) is 12.1 Å². The molecule has 6 heteroatoms. The fourth-order valence-corrected chi connectivity index (χ4v) is 2.23. The zero-order valence-corrected chi connectivity index (χ0v) is 13.0. The van der Waals surface area contributed by atoms with Gasteiger partial charge in [0, 0.05) is 19.3 Å². The number of carbonyl (C=O) groups excluding carboxylic acids is 1. The summed E-state index contributed by atoms with van der Waals surface area (Å²) in [6.45, 7) is 1.90. The molecule has 0 saturated heterocycles. The van der Waals surface area contributed by atoms with E-state index in [-0.39, 0.29) is 18.0 Å². The number of nitrogens with zero attached hydrogens (tertiary/aromatic N) is 2. The fourth-order valence-electron chi connectivity index (χ4n) is 2.23. The van der Waals surface area contributed by atoms with Gasteiger partial charge in [-0.3, -0.25) is 9.59 Å². The van der Waals surface area contributed by atoms with Crippen molar-refractivity contribution in [3.05, 3.63) is 69.6 Å². The van der Waals surface area contributed by atoms with E-state index < -0.39 is 11.5 Å². The molecule has 2 rings (SSSR count). The van der Waals surface area contributed by atoms with E-state index in [1.54, 1.807) is 14.0 Å². The molecule has 0 spiro atoms. The highest BCUT2D eigenvalue weighted by atomic mass is 16.4. The van der Waals surface area contributed by atoms with Crippen LogP contribution in [0.5, 0.6) is 0 Å². The minimum absolute atomic E-state index is 0.185. The van der Waals surface area contributed by atoms with E-state index in [4.69, 9.17) is 5.11 Å². The predicted molar refractivity (Wildman–Crippen MR) is 85.3 cm³/mol. The second kappa shape index (κ2) is 6.91. The Morgan fingerprint density at radius 1 is 1.13 bits per heavy atom. The van der Waals surface area contributed by atoms with Crippen LogP contribution < -0.4 is 5.56 Å². The third kappa shape index (κ3) is 3.85. The van der Waals surface area contributed by atoms with Crippen molar-refractivity contribution in [3.8, 4) is 0 Å². The van der Waals surface area contributed by atoms with Gasteiger partial charge in [0.05, 0.1) is 0 Å². The van der Waals surface area contributed by atoms with E-state index >= 15 is 0 Å². The summed E-state index contributed by atoms with van der Waals surface area (Å²) in [4.78, 5) is 37.0. The van der Waals surface area contributed by atoms with Crippen LogP contribution in [0.4, 0.5) is 0 Å². The van der Waals surface area contributed by atoms with Gasteiger partial charge >= 0.3 is 5.97 Å². The molecule has 120 valence electrons. The average molecular weight is 314 g/mol. The quantitative estimate of drug-likeness (QED) is 0.907. The van der Waals surface area contributed by atoms with Crippen LogP contribution in [-0.2, 0) is 17.9 Å². The molecule has 0 atom stereocenters. The number of amides is 1. The second-order valence-electron chi connectivity index (χ2n) is 5.32. The van der Waals surface area contributed by atoms with Crippen LogP contribution >= 0.6 is 0 Å². The normalized spacial score (nSPS) is 10.3. The molecule has 2 aromatic rings. The van der Waals surface area contributed by atoms with Gasteiger partial charge in [0.2, 0.25) is 5.91 Å². The van der Waals surface area contributed by atoms with Crippen molar-refractivity contribution >= 4 is 11.9 Å². The molecule has 0 bridgehead atoms. The van der Waals surface area contributed by atoms with Crippen molar-refractivity contribution in [3.63, 3.8) is 0 Å². The van der Waals surface area contributed by atoms with Gasteiger partial charge in [-0.2, -0.15) is 0 Å². The molecule has 1 amide bonds. The summed E-state index contributed by atoms with van der Waals surface area (Å²) in [7, 11) is 1.65. The first-order chi connectivity index (χ1) is 10.9. The Morgan fingerprint density at radius 3 is 2.39 bits per heavy atom. The molecule has 0 aliphatic rings. The van der Waals surface area contributed by atoms with E-state index in [9.17, 15) is 14.4 Å². The van der Waals surface area contributed by atoms with Gasteiger partial charge in [-0.25, -0.2) is 4.79 Å². The number of carbonyl (C=O) groups is 2. The minimum atomic E-state index is -1.30. The van der Waals surface area contributed by atoms with Gasteiger partial charge in [0.25, 0.3) is 5.56 Å². The lowest BCUT2D eigenvalue weighted by atomic mass is 10.2. The summed E-state index contributed by atoms with van der Waals surface area (Å²) >= 11 is 0. The molecule has 6 nitrogen and oxygen atoms in total. The van der Waals surface area contributed by atoms with Gasteiger partial charge in [-0.05, 0) is 24.6 Å². The number of carboxylic acid groups (broad SMARTS) is 1. The standard InChI is InChI=1S/C17H18N2O4/c1-12-8-9-14(17(22)23)16(21)19(12)11-15(20)18(2)10-13-6-4-3-5-7-13/h3-9H,10-11H2,1-2H3,(H,22,23). The highest BCUT2D eigenvalue weighted by Gasteiger charge is 2.16. The predicted octanol–water partition coefficient (Wildman–Crippen LogP) is 1.51. The smallest absolute Gasteiger partial charge is 0.341 e. The summed E-state index contributed by atoms with van der Waals surface area (Å²) in [5.74, 6) is -1.56. The maximum Gasteiger partial charge on any atom is 0.341 e. The maximum absolute atomic E-state index is 12.3. The Balaban J connectivity index is 2.18. The van der Waals surface area contributed by atoms with Crippen LogP contribution in [-0.4, -0.2) is 33.5 Å². The lowest BCUT2D eigenvalue weighted by Crippen LogP contribution is -2.36. The maximum atomic E-state index is 12.3. The summed E-state index contributed by atoms with van der Waals surface area (Å²) in [5.41, 5.74) is 0.515. The van der Waals surface area contributed by atoms with Crippen LogP contribution in [0.25, 0.3) is 0 Å². The highest BCUT2D eigenvalue weighted by Crippen LogP contribution is 2.05. The Bertz CT molecular complexity index is 781. The molecule has 23 heavy (non-hydrogen) atoms. The first kappa shape index (κ1) is 16.5. The van der Waals surface area contributed by atoms with Crippen molar-refractivity contribution < 1.29 is 14.7 Å². The molecular weight excluding hydrogens is 296 g/mol. The molecule has 1 aromatic heterocycles. The number of rotatable bonds is 5. The van der Waals surface area contributed by atoms with Crippen LogP contribution in [0.15, 0.2) is 47.3 Å². The molecule has 0 aliphatic carbocycles. The number of likely N-dealkylation sites (N-methyl/N-ethyl adjacent to an activating group) is 1. The molecule has 0 aliphatic heterocycles. The van der Waals surface area contributed by atoms with Crippen LogP contribution in [0.1, 0.15) is 21.6 Å². The number of aromatic nitrogens is 1. The van der Waals surface area contributed by atoms with Crippen LogP contribution in [0, 0.1) is 6.92 Å². The number of carboxylic acids is 1. The Labute approximate surface area is 133 Å². The number of aromatic carboxylic acids is 1. The first-order valence-corrected chi connectivity index (χ1v) is 7.11. The SMILES string of the molecule is Cc1ccc(C(=O)O)c(=O)n1CC(=O)N(C)Cc1ccccc1. The van der Waals surface area contributed by atoms with Crippen molar-refractivity contribution in [1.29, 1.82) is 0 Å². The number of hydrogen-bond acceptors (Lipinski definition) is 3. The highest BCUT2D eigenvalue weighted by molar-refractivity contribution is 5.87. The Hall–Kier alpha value is -2.89. The zero-order chi connectivity index (χ0) is 17.0. The largest absolute Gasteiger partial charge is 0.477 e. The lowest BCUT2D eigenvalue weighted by Gasteiger charge is -2.19. The topological polar surface area (TPSA) is 79.6 Å². The van der Waals surface area contributed by atoms with Crippen molar-refractivity contribution in [1.82, 2.24) is 9.47 Å². The van der Waals surface area contributed by atoms with Crippen molar-refractivity contribution in [2.45, 2.75) is 20.0 Å². The Kier molecular flexibility index (Phi) is 4.95. The molecule has 0 fully saturated rings. The van der Waals surface area contributed by atoms with Crippen molar-refractivity contribution in [2.24, 2.45) is 0 Å². The van der Waals surface area contributed by atoms with E-state index in [2.05, 4.69) is 0 Å². The van der Waals surface area contributed by atoms with Gasteiger partial charge < -0.3 is 14.6 Å². The minimum Gasteiger partial charge on any atom is -0.477 e. The van der Waals surface area contributed by atoms with E-state index in [1.165, 1.54) is 21.6 Å². The summed E-state index contributed by atoms with van der Waals surface area (Å²) in [6, 6.07) is 12.3. The fraction of sp³-hybridized carbons (Fsp3) is 0.235. The van der Waals surface area contributed by atoms with Gasteiger partial charge in [-0.15, -0.1) is 0 Å². The van der Waals surface area contributed by atoms with Crippen LogP contribution in [0.2, 0.25) is 0 Å². The summed E-state index contributed by atoms with van der Waals surface area (Å²) in [5, 5.41) is 9.01. The van der Waals surface area contributed by atoms with E-state index in [0.29, 0.717) is 12.2 Å². The Morgan fingerprint density at radius 2 is 1.78 bits per heavy atom. The molecule has 0 unspecified atom stereocenters. The zero-order valence-electron chi connectivity index (χ0n) is 13.0. The third-order valence-electron chi connectivity index (χ3n) is 3.60. The monoisotopic (exact) mass is 314 g/mol. The van der Waals surface area contributed by atoms with E-state index in [1.807, 2.05) is 30.3 Å². The summed E-state index contributed by atoms with van der Waals surface area (Å²) in [6.07, 6.45) is 0. The molecule has 1 N–H and O–H groups in total. The van der Waals surface area contributed by atoms with Crippen LogP contribution in [0.3, 0.4) is 0 Å². The van der Waals surface area contributed by atoms with Gasteiger partial charge in [-0.1, -0.05) is 30.3 Å². The molecular formula is C17H18N2O4. The molecule has 1 heterocycles. The first-order valence-electron chi connectivity index (χ1n) is 7.11. The number of hydrogen-bond donors (Lipinski definition) is 1. The second-order valence-corrected chi connectivity index (χ2v) is 5.32. The number of aryl methyl sites for hydroxylation is 1. The summed E-state index contributed by atoms with van der Waals surface area (Å²) < 4.78 is 1.19.